The maximum Gasteiger partial charge on any atom is 0.284 e. The highest BCUT2D eigenvalue weighted by atomic mass is 16.6. The van der Waals surface area contributed by atoms with Crippen molar-refractivity contribution in [3.05, 3.63) is 12.6 Å². The Bertz CT molecular complexity index is 187. The maximum absolute atomic E-state index is 11.1. The summed E-state index contributed by atoms with van der Waals surface area (Å²) in [6.45, 7) is 8.67. The van der Waals surface area contributed by atoms with E-state index in [1.54, 1.807) is 20.8 Å². The van der Waals surface area contributed by atoms with Crippen molar-refractivity contribution in [1.82, 2.24) is 0 Å². The van der Waals surface area contributed by atoms with E-state index in [2.05, 4.69) is 6.58 Å². The normalized spacial score (nSPS) is 13.2. The molecule has 0 fully saturated rings. The SMILES string of the molecule is C=CBC(=O)OC(C)(C)CC(C)O. The molecule has 0 aliphatic rings. The monoisotopic (exact) mass is 184 g/mol. The van der Waals surface area contributed by atoms with Crippen molar-refractivity contribution < 1.29 is 14.6 Å². The van der Waals surface area contributed by atoms with Crippen LogP contribution in [0.2, 0.25) is 0 Å². The summed E-state index contributed by atoms with van der Waals surface area (Å²) in [5.74, 6) is 1.20. The summed E-state index contributed by atoms with van der Waals surface area (Å²) in [6, 6.07) is 0. The molecule has 3 nitrogen and oxygen atoms in total. The first-order chi connectivity index (χ1) is 5.87. The van der Waals surface area contributed by atoms with Gasteiger partial charge in [-0.2, -0.15) is 0 Å². The van der Waals surface area contributed by atoms with Crippen LogP contribution in [-0.4, -0.2) is 30.0 Å². The van der Waals surface area contributed by atoms with Gasteiger partial charge in [-0.05, 0) is 20.8 Å². The standard InChI is InChI=1S/C9H17BO3/c1-5-10-8(12)13-9(3,4)6-7(2)11/h5,7,10-11H,1,6H2,2-4H3. The van der Waals surface area contributed by atoms with E-state index in [1.807, 2.05) is 0 Å². The minimum atomic E-state index is -0.603. The summed E-state index contributed by atoms with van der Waals surface area (Å²) in [6.07, 6.45) is -0.0258. The highest BCUT2D eigenvalue weighted by molar-refractivity contribution is 6.75. The number of aliphatic hydroxyl groups excluding tert-OH is 1. The second-order valence-electron chi connectivity index (χ2n) is 3.78. The Kier molecular flexibility index (Phi) is 4.77. The molecule has 1 atom stereocenters. The van der Waals surface area contributed by atoms with Crippen molar-refractivity contribution in [1.29, 1.82) is 0 Å². The minimum Gasteiger partial charge on any atom is -0.467 e. The fourth-order valence-electron chi connectivity index (χ4n) is 1.22. The number of ether oxygens (including phenoxy) is 1. The van der Waals surface area contributed by atoms with Crippen LogP contribution in [0.3, 0.4) is 0 Å². The molecule has 4 heteroatoms. The first kappa shape index (κ1) is 12.2. The molecule has 74 valence electrons. The molecule has 0 aromatic rings. The first-order valence-electron chi connectivity index (χ1n) is 4.38. The summed E-state index contributed by atoms with van der Waals surface area (Å²) in [5, 5.41) is 9.12. The molecule has 0 aromatic carbocycles. The van der Waals surface area contributed by atoms with E-state index in [0.717, 1.165) is 0 Å². The van der Waals surface area contributed by atoms with Gasteiger partial charge in [0.05, 0.1) is 6.10 Å². The van der Waals surface area contributed by atoms with Gasteiger partial charge < -0.3 is 9.84 Å². The van der Waals surface area contributed by atoms with Gasteiger partial charge in [-0.25, -0.2) is 0 Å². The van der Waals surface area contributed by atoms with Crippen molar-refractivity contribution in [2.24, 2.45) is 0 Å². The fraction of sp³-hybridized carbons (Fsp3) is 0.667. The van der Waals surface area contributed by atoms with Crippen LogP contribution < -0.4 is 0 Å². The van der Waals surface area contributed by atoms with Crippen molar-refractivity contribution in [3.63, 3.8) is 0 Å². The molecule has 0 aromatic heterocycles. The third kappa shape index (κ3) is 6.40. The lowest BCUT2D eigenvalue weighted by Gasteiger charge is -2.26. The predicted molar refractivity (Wildman–Crippen MR) is 54.2 cm³/mol. The molecular formula is C9H17BO3. The van der Waals surface area contributed by atoms with E-state index in [0.29, 0.717) is 6.42 Å². The highest BCUT2D eigenvalue weighted by Gasteiger charge is 2.24. The van der Waals surface area contributed by atoms with Crippen molar-refractivity contribution in [3.8, 4) is 0 Å². The zero-order valence-electron chi connectivity index (χ0n) is 8.54. The molecule has 1 N–H and O–H groups in total. The largest absolute Gasteiger partial charge is 0.467 e. The Labute approximate surface area is 80.0 Å². The van der Waals surface area contributed by atoms with Gasteiger partial charge in [0, 0.05) is 6.42 Å². The number of carbonyl (C=O) groups is 1. The Morgan fingerprint density at radius 2 is 2.31 bits per heavy atom. The molecule has 1 unspecified atom stereocenters. The van der Waals surface area contributed by atoms with Crippen molar-refractivity contribution >= 4 is 13.1 Å². The summed E-state index contributed by atoms with van der Waals surface area (Å²) < 4.78 is 5.12. The smallest absolute Gasteiger partial charge is 0.284 e. The van der Waals surface area contributed by atoms with Crippen LogP contribution >= 0.6 is 0 Å². The van der Waals surface area contributed by atoms with Gasteiger partial charge in [0.15, 0.2) is 0 Å². The lowest BCUT2D eigenvalue weighted by atomic mass is 9.79. The van der Waals surface area contributed by atoms with E-state index >= 15 is 0 Å². The number of carbonyl (C=O) groups excluding carboxylic acids is 1. The minimum absolute atomic E-state index is 0.212. The number of rotatable bonds is 5. The quantitative estimate of drug-likeness (QED) is 0.654. The third-order valence-corrected chi connectivity index (χ3v) is 1.49. The molecule has 0 saturated carbocycles. The molecular weight excluding hydrogens is 167 g/mol. The molecule has 0 spiro atoms. The topological polar surface area (TPSA) is 46.5 Å². The molecule has 0 aliphatic carbocycles. The average molecular weight is 184 g/mol. The Balaban J connectivity index is 4.00. The van der Waals surface area contributed by atoms with Gasteiger partial charge in [-0.15, -0.1) is 12.6 Å². The zero-order chi connectivity index (χ0) is 10.5. The Morgan fingerprint density at radius 1 is 1.77 bits per heavy atom. The summed E-state index contributed by atoms with van der Waals surface area (Å²) >= 11 is 0. The summed E-state index contributed by atoms with van der Waals surface area (Å²) in [5.41, 5.74) is -0.603. The number of hydrogen-bond acceptors (Lipinski definition) is 3. The van der Waals surface area contributed by atoms with E-state index in [4.69, 9.17) is 9.84 Å². The van der Waals surface area contributed by atoms with Crippen molar-refractivity contribution in [2.75, 3.05) is 0 Å². The maximum atomic E-state index is 11.1. The van der Waals surface area contributed by atoms with Crippen LogP contribution in [0.15, 0.2) is 12.6 Å². The van der Waals surface area contributed by atoms with Gasteiger partial charge in [0.2, 0.25) is 0 Å². The van der Waals surface area contributed by atoms with Crippen molar-refractivity contribution in [2.45, 2.75) is 38.9 Å². The van der Waals surface area contributed by atoms with Crippen LogP contribution in [0, 0.1) is 0 Å². The number of aliphatic hydroxyl groups is 1. The van der Waals surface area contributed by atoms with Crippen LogP contribution in [-0.2, 0) is 4.74 Å². The molecule has 0 bridgehead atoms. The first-order valence-corrected chi connectivity index (χ1v) is 4.38. The van der Waals surface area contributed by atoms with Gasteiger partial charge in [0.1, 0.15) is 5.60 Å². The predicted octanol–water partition coefficient (Wildman–Crippen LogP) is 1.25. The Morgan fingerprint density at radius 3 is 2.69 bits per heavy atom. The van der Waals surface area contributed by atoms with Gasteiger partial charge >= 0.3 is 0 Å². The van der Waals surface area contributed by atoms with Gasteiger partial charge in [-0.3, -0.25) is 4.79 Å². The van der Waals surface area contributed by atoms with E-state index < -0.39 is 11.7 Å². The highest BCUT2D eigenvalue weighted by Crippen LogP contribution is 2.16. The third-order valence-electron chi connectivity index (χ3n) is 1.49. The zero-order valence-corrected chi connectivity index (χ0v) is 8.54. The second kappa shape index (κ2) is 5.07. The van der Waals surface area contributed by atoms with Gasteiger partial charge in [-0.1, -0.05) is 0 Å². The van der Waals surface area contributed by atoms with Crippen LogP contribution in [0.25, 0.3) is 0 Å². The summed E-state index contributed by atoms with van der Waals surface area (Å²) in [4.78, 5) is 11.1. The van der Waals surface area contributed by atoms with Crippen LogP contribution in [0.1, 0.15) is 27.2 Å². The molecule has 0 heterocycles. The van der Waals surface area contributed by atoms with E-state index in [-0.39, 0.29) is 13.1 Å². The lowest BCUT2D eigenvalue weighted by molar-refractivity contribution is 0.0155. The lowest BCUT2D eigenvalue weighted by Crippen LogP contribution is -2.32. The summed E-state index contributed by atoms with van der Waals surface area (Å²) in [7, 11) is 0.212. The average Bonchev–Trinajstić information content (AvgIpc) is 1.81. The molecule has 0 radical (unpaired) electrons. The second-order valence-corrected chi connectivity index (χ2v) is 3.78. The van der Waals surface area contributed by atoms with Crippen LogP contribution in [0.4, 0.5) is 4.79 Å². The molecule has 0 amide bonds. The van der Waals surface area contributed by atoms with E-state index in [9.17, 15) is 4.79 Å². The molecule has 0 aliphatic heterocycles. The Hall–Kier alpha value is -0.765. The van der Waals surface area contributed by atoms with E-state index in [1.165, 1.54) is 5.98 Å². The van der Waals surface area contributed by atoms with Gasteiger partial charge in [0.25, 0.3) is 13.1 Å². The van der Waals surface area contributed by atoms with Crippen LogP contribution in [0.5, 0.6) is 0 Å². The molecule has 0 rings (SSSR count). The number of hydrogen-bond donors (Lipinski definition) is 1. The molecule has 13 heavy (non-hydrogen) atoms. The molecule has 0 saturated heterocycles. The fourth-order valence-corrected chi connectivity index (χ4v) is 1.22.